The maximum Gasteiger partial charge on any atom is 0.234 e. The van der Waals surface area contributed by atoms with Gasteiger partial charge in [0.15, 0.2) is 5.84 Å². The lowest BCUT2D eigenvalue weighted by Crippen LogP contribution is -2.44. The van der Waals surface area contributed by atoms with Gasteiger partial charge in [-0.1, -0.05) is 23.4 Å². The number of imidazole rings is 1. The Kier molecular flexibility index (Phi) is 5.96. The number of halogens is 1. The molecule has 7 heteroatoms. The minimum atomic E-state index is -0.807. The first-order valence-corrected chi connectivity index (χ1v) is 11.6. The van der Waals surface area contributed by atoms with E-state index in [0.29, 0.717) is 13.2 Å². The summed E-state index contributed by atoms with van der Waals surface area (Å²) in [6.45, 7) is 5.31. The molecule has 6 nitrogen and oxygen atoms in total. The molecular weight excluding hydrogens is 431 g/mol. The molecule has 0 amide bonds. The second-order valence-corrected chi connectivity index (χ2v) is 8.96. The van der Waals surface area contributed by atoms with Crippen LogP contribution in [0.1, 0.15) is 42.1 Å². The quantitative estimate of drug-likeness (QED) is 0.455. The number of aryl methyl sites for hydroxylation is 2. The van der Waals surface area contributed by atoms with Gasteiger partial charge in [0.1, 0.15) is 5.82 Å². The van der Waals surface area contributed by atoms with Crippen LogP contribution in [-0.4, -0.2) is 40.5 Å². The van der Waals surface area contributed by atoms with Crippen molar-refractivity contribution in [2.45, 2.75) is 38.8 Å². The van der Waals surface area contributed by atoms with Crippen molar-refractivity contribution in [1.82, 2.24) is 14.5 Å². The number of oxime groups is 1. The van der Waals surface area contributed by atoms with Gasteiger partial charge >= 0.3 is 0 Å². The van der Waals surface area contributed by atoms with Gasteiger partial charge in [0.25, 0.3) is 0 Å². The monoisotopic (exact) mass is 460 g/mol. The number of nitrogens with zero attached hydrogens (tertiary/aromatic N) is 4. The fourth-order valence-electron chi connectivity index (χ4n) is 4.75. The van der Waals surface area contributed by atoms with Crippen LogP contribution >= 0.6 is 0 Å². The lowest BCUT2D eigenvalue weighted by molar-refractivity contribution is -0.0915. The topological polar surface area (TPSA) is 51.9 Å². The normalized spacial score (nSPS) is 20.5. The van der Waals surface area contributed by atoms with Crippen LogP contribution < -0.4 is 0 Å². The summed E-state index contributed by atoms with van der Waals surface area (Å²) in [7, 11) is 1.70. The predicted molar refractivity (Wildman–Crippen MR) is 130 cm³/mol. The molecule has 1 atom stereocenters. The molecule has 1 unspecified atom stereocenters. The standard InChI is InChI=1S/C27H29FN4O2/c1-19-17-31(18-29-19)24-11-12-25-20(15-24)5-6-21(25)16-26-30-34-27(2,32(26)13-4-14-33-3)22-7-9-23(28)10-8-22/h7-12,15-18H,4-6,13-14H2,1-3H3/b21-16+. The minimum Gasteiger partial charge on any atom is -0.385 e. The Balaban J connectivity index is 1.44. The molecule has 0 spiro atoms. The zero-order chi connectivity index (χ0) is 23.7. The van der Waals surface area contributed by atoms with E-state index in [9.17, 15) is 4.39 Å². The highest BCUT2D eigenvalue weighted by atomic mass is 19.1. The second-order valence-electron chi connectivity index (χ2n) is 8.96. The van der Waals surface area contributed by atoms with Crippen molar-refractivity contribution >= 4 is 11.4 Å². The van der Waals surface area contributed by atoms with Gasteiger partial charge in [-0.2, -0.15) is 0 Å². The molecule has 5 rings (SSSR count). The summed E-state index contributed by atoms with van der Waals surface area (Å²) in [5.41, 5.74) is 5.97. The van der Waals surface area contributed by atoms with Crippen LogP contribution in [0.15, 0.2) is 66.2 Å². The highest BCUT2D eigenvalue weighted by Gasteiger charge is 2.42. The Hall–Kier alpha value is -3.45. The summed E-state index contributed by atoms with van der Waals surface area (Å²) >= 11 is 0. The number of rotatable bonds is 7. The van der Waals surface area contributed by atoms with Crippen molar-refractivity contribution in [3.8, 4) is 5.69 Å². The maximum absolute atomic E-state index is 13.6. The molecule has 0 radical (unpaired) electrons. The van der Waals surface area contributed by atoms with Crippen LogP contribution in [0.4, 0.5) is 4.39 Å². The van der Waals surface area contributed by atoms with Gasteiger partial charge in [-0.3, -0.25) is 0 Å². The van der Waals surface area contributed by atoms with Crippen molar-refractivity contribution in [2.75, 3.05) is 20.3 Å². The molecule has 0 saturated carbocycles. The molecule has 1 aliphatic heterocycles. The summed E-state index contributed by atoms with van der Waals surface area (Å²) in [6, 6.07) is 13.0. The van der Waals surface area contributed by atoms with Crippen LogP contribution in [0.25, 0.3) is 11.3 Å². The molecule has 1 aromatic heterocycles. The van der Waals surface area contributed by atoms with E-state index in [1.165, 1.54) is 28.8 Å². The number of benzene rings is 2. The number of aromatic nitrogens is 2. The highest BCUT2D eigenvalue weighted by Crippen LogP contribution is 2.38. The fraction of sp³-hybridized carbons (Fsp3) is 0.333. The van der Waals surface area contributed by atoms with Gasteiger partial charge < -0.3 is 19.0 Å². The number of hydrogen-bond acceptors (Lipinski definition) is 5. The molecule has 1 aliphatic carbocycles. The number of amidine groups is 1. The summed E-state index contributed by atoms with van der Waals surface area (Å²) in [4.78, 5) is 12.5. The van der Waals surface area contributed by atoms with Crippen LogP contribution in [0, 0.1) is 12.7 Å². The number of methoxy groups -OCH3 is 1. The van der Waals surface area contributed by atoms with Crippen molar-refractivity contribution in [3.05, 3.63) is 89.3 Å². The van der Waals surface area contributed by atoms with Gasteiger partial charge in [0, 0.05) is 44.6 Å². The number of allylic oxidation sites excluding steroid dienone is 1. The van der Waals surface area contributed by atoms with E-state index in [1.54, 1.807) is 19.2 Å². The predicted octanol–water partition coefficient (Wildman–Crippen LogP) is 5.20. The first kappa shape index (κ1) is 22.3. The lowest BCUT2D eigenvalue weighted by atomic mass is 10.0. The Morgan fingerprint density at radius 1 is 1.18 bits per heavy atom. The fourth-order valence-corrected chi connectivity index (χ4v) is 4.75. The molecule has 0 saturated heterocycles. The molecule has 2 aromatic carbocycles. The molecule has 2 heterocycles. The van der Waals surface area contributed by atoms with Gasteiger partial charge in [-0.05, 0) is 73.2 Å². The third-order valence-electron chi connectivity index (χ3n) is 6.63. The van der Waals surface area contributed by atoms with Crippen molar-refractivity contribution in [2.24, 2.45) is 5.16 Å². The molecular formula is C27H29FN4O2. The lowest BCUT2D eigenvalue weighted by Gasteiger charge is -2.34. The molecule has 176 valence electrons. The smallest absolute Gasteiger partial charge is 0.234 e. The van der Waals surface area contributed by atoms with Crippen molar-refractivity contribution in [3.63, 3.8) is 0 Å². The summed E-state index contributed by atoms with van der Waals surface area (Å²) in [5.74, 6) is 0.507. The largest absolute Gasteiger partial charge is 0.385 e. The van der Waals surface area contributed by atoms with Crippen LogP contribution in [0.3, 0.4) is 0 Å². The van der Waals surface area contributed by atoms with Gasteiger partial charge in [0.05, 0.1) is 12.0 Å². The molecule has 2 aliphatic rings. The number of fused-ring (bicyclic) bond motifs is 1. The Bertz CT molecular complexity index is 1250. The van der Waals surface area contributed by atoms with Gasteiger partial charge in [-0.25, -0.2) is 9.37 Å². The van der Waals surface area contributed by atoms with Crippen molar-refractivity contribution in [1.29, 1.82) is 0 Å². The Morgan fingerprint density at radius 2 is 2.00 bits per heavy atom. The summed E-state index contributed by atoms with van der Waals surface area (Å²) in [5, 5.41) is 4.47. The van der Waals surface area contributed by atoms with E-state index >= 15 is 0 Å². The average molecular weight is 461 g/mol. The van der Waals surface area contributed by atoms with Crippen LogP contribution in [0.2, 0.25) is 0 Å². The van der Waals surface area contributed by atoms with Crippen LogP contribution in [-0.2, 0) is 21.7 Å². The van der Waals surface area contributed by atoms with Crippen molar-refractivity contribution < 1.29 is 14.0 Å². The van der Waals surface area contributed by atoms with E-state index in [-0.39, 0.29) is 5.82 Å². The number of hydrogen-bond donors (Lipinski definition) is 0. The summed E-state index contributed by atoms with van der Waals surface area (Å²) in [6.07, 6.45) is 8.76. The Labute approximate surface area is 199 Å². The van der Waals surface area contributed by atoms with Gasteiger partial charge in [0.2, 0.25) is 5.72 Å². The third-order valence-corrected chi connectivity index (χ3v) is 6.63. The first-order chi connectivity index (χ1) is 16.5. The van der Waals surface area contributed by atoms with Crippen LogP contribution in [0.5, 0.6) is 0 Å². The molecule has 3 aromatic rings. The average Bonchev–Trinajstić information content (AvgIpc) is 3.53. The van der Waals surface area contributed by atoms with E-state index in [4.69, 9.17) is 9.57 Å². The molecule has 0 bridgehead atoms. The molecule has 0 N–H and O–H groups in total. The van der Waals surface area contributed by atoms with E-state index in [0.717, 1.165) is 42.0 Å². The van der Waals surface area contributed by atoms with Gasteiger partial charge in [-0.15, -0.1) is 0 Å². The minimum absolute atomic E-state index is 0.271. The zero-order valence-electron chi connectivity index (χ0n) is 19.8. The molecule has 34 heavy (non-hydrogen) atoms. The summed E-state index contributed by atoms with van der Waals surface area (Å²) < 4.78 is 20.9. The highest BCUT2D eigenvalue weighted by molar-refractivity contribution is 6.01. The molecule has 0 fully saturated rings. The number of ether oxygens (including phenoxy) is 1. The van der Waals surface area contributed by atoms with E-state index in [2.05, 4.69) is 43.9 Å². The first-order valence-electron chi connectivity index (χ1n) is 11.6. The van der Waals surface area contributed by atoms with E-state index in [1.807, 2.05) is 26.4 Å². The SMILES string of the molecule is COCCCN1C(/C=C2\CCc3cc(-n4cnc(C)c4)ccc32)=NOC1(C)c1ccc(F)cc1. The second kappa shape index (κ2) is 9.06. The maximum atomic E-state index is 13.6. The zero-order valence-corrected chi connectivity index (χ0v) is 19.8. The van der Waals surface area contributed by atoms with E-state index < -0.39 is 5.72 Å². The third kappa shape index (κ3) is 4.12. The Morgan fingerprint density at radius 3 is 2.74 bits per heavy atom.